The van der Waals surface area contributed by atoms with Crippen molar-refractivity contribution in [2.75, 3.05) is 13.6 Å². The number of benzene rings is 2. The van der Waals surface area contributed by atoms with Crippen LogP contribution in [-0.2, 0) is 23.1 Å². The Balaban J connectivity index is 2.11. The topological polar surface area (TPSA) is 57.6 Å². The zero-order valence-corrected chi connectivity index (χ0v) is 12.8. The maximum absolute atomic E-state index is 12.5. The third kappa shape index (κ3) is 3.91. The van der Waals surface area contributed by atoms with Gasteiger partial charge >= 0.3 is 0 Å². The van der Waals surface area contributed by atoms with E-state index in [9.17, 15) is 8.42 Å². The minimum Gasteiger partial charge on any atom is -0.392 e. The van der Waals surface area contributed by atoms with Crippen LogP contribution in [0.15, 0.2) is 59.5 Å². The Kier molecular flexibility index (Phi) is 5.12. The third-order valence-electron chi connectivity index (χ3n) is 3.35. The van der Waals surface area contributed by atoms with Crippen LogP contribution >= 0.6 is 0 Å². The van der Waals surface area contributed by atoms with Gasteiger partial charge in [0.1, 0.15) is 0 Å². The second-order valence-corrected chi connectivity index (χ2v) is 6.91. The second kappa shape index (κ2) is 6.85. The normalized spacial score (nSPS) is 11.8. The van der Waals surface area contributed by atoms with Crippen molar-refractivity contribution in [3.63, 3.8) is 0 Å². The molecule has 21 heavy (non-hydrogen) atoms. The third-order valence-corrected chi connectivity index (χ3v) is 5.20. The van der Waals surface area contributed by atoms with Gasteiger partial charge in [-0.1, -0.05) is 42.5 Å². The molecule has 2 rings (SSSR count). The Morgan fingerprint density at radius 2 is 1.67 bits per heavy atom. The van der Waals surface area contributed by atoms with Gasteiger partial charge in [-0.25, -0.2) is 12.7 Å². The van der Waals surface area contributed by atoms with Crippen LogP contribution in [0.25, 0.3) is 0 Å². The second-order valence-electron chi connectivity index (χ2n) is 4.87. The smallest absolute Gasteiger partial charge is 0.242 e. The van der Waals surface area contributed by atoms with E-state index in [2.05, 4.69) is 0 Å². The zero-order chi connectivity index (χ0) is 15.3. The molecule has 0 unspecified atom stereocenters. The Bertz CT molecular complexity index is 684. The number of nitrogens with zero attached hydrogens (tertiary/aromatic N) is 1. The molecule has 112 valence electrons. The van der Waals surface area contributed by atoms with E-state index in [0.717, 1.165) is 5.56 Å². The van der Waals surface area contributed by atoms with Crippen molar-refractivity contribution in [3.8, 4) is 0 Å². The van der Waals surface area contributed by atoms with Gasteiger partial charge < -0.3 is 5.11 Å². The molecule has 4 nitrogen and oxygen atoms in total. The largest absolute Gasteiger partial charge is 0.392 e. The molecule has 5 heteroatoms. The van der Waals surface area contributed by atoms with Gasteiger partial charge in [0.05, 0.1) is 11.5 Å². The van der Waals surface area contributed by atoms with Crippen LogP contribution < -0.4 is 0 Å². The van der Waals surface area contributed by atoms with Gasteiger partial charge in [0, 0.05) is 13.6 Å². The molecule has 0 bridgehead atoms. The minimum atomic E-state index is -3.52. The fourth-order valence-corrected chi connectivity index (χ4v) is 3.28. The molecule has 0 aliphatic heterocycles. The highest BCUT2D eigenvalue weighted by atomic mass is 32.2. The minimum absolute atomic E-state index is 0.170. The molecule has 2 aromatic rings. The number of hydrogen-bond acceptors (Lipinski definition) is 3. The average molecular weight is 305 g/mol. The van der Waals surface area contributed by atoms with E-state index in [-0.39, 0.29) is 11.5 Å². The first-order valence-corrected chi connectivity index (χ1v) is 8.18. The van der Waals surface area contributed by atoms with E-state index >= 15 is 0 Å². The van der Waals surface area contributed by atoms with Crippen molar-refractivity contribution in [1.82, 2.24) is 4.31 Å². The molecule has 0 saturated carbocycles. The van der Waals surface area contributed by atoms with E-state index in [4.69, 9.17) is 5.11 Å². The summed E-state index contributed by atoms with van der Waals surface area (Å²) < 4.78 is 26.3. The maximum atomic E-state index is 12.5. The molecule has 0 heterocycles. The molecule has 1 N–H and O–H groups in total. The van der Waals surface area contributed by atoms with Crippen molar-refractivity contribution in [3.05, 3.63) is 65.7 Å². The lowest BCUT2D eigenvalue weighted by atomic mass is 10.2. The van der Waals surface area contributed by atoms with Gasteiger partial charge in [0.25, 0.3) is 0 Å². The van der Waals surface area contributed by atoms with Crippen LogP contribution in [-0.4, -0.2) is 31.4 Å². The fourth-order valence-electron chi connectivity index (χ4n) is 2.04. The molecule has 0 radical (unpaired) electrons. The first-order chi connectivity index (χ1) is 10.0. The highest BCUT2D eigenvalue weighted by molar-refractivity contribution is 7.89. The number of sulfonamides is 1. The van der Waals surface area contributed by atoms with E-state index in [1.807, 2.05) is 30.3 Å². The predicted octanol–water partition coefficient (Wildman–Crippen LogP) is 2.04. The van der Waals surface area contributed by atoms with Crippen LogP contribution in [0, 0.1) is 0 Å². The van der Waals surface area contributed by atoms with Crippen molar-refractivity contribution in [2.45, 2.75) is 17.9 Å². The predicted molar refractivity (Wildman–Crippen MR) is 82.3 cm³/mol. The Hall–Kier alpha value is -1.69. The lowest BCUT2D eigenvalue weighted by Crippen LogP contribution is -2.29. The van der Waals surface area contributed by atoms with Gasteiger partial charge in [-0.2, -0.15) is 0 Å². The number of rotatable bonds is 6. The standard InChI is InChI=1S/C16H19NO3S/c1-17(11-10-14-6-3-2-4-7-14)21(19,20)16-9-5-8-15(12-16)13-18/h2-9,12,18H,10-11,13H2,1H3. The molecule has 0 spiro atoms. The lowest BCUT2D eigenvalue weighted by molar-refractivity contribution is 0.281. The number of aliphatic hydroxyl groups is 1. The van der Waals surface area contributed by atoms with Crippen LogP contribution in [0.3, 0.4) is 0 Å². The van der Waals surface area contributed by atoms with Crippen LogP contribution in [0.5, 0.6) is 0 Å². The van der Waals surface area contributed by atoms with Crippen LogP contribution in [0.4, 0.5) is 0 Å². The van der Waals surface area contributed by atoms with Gasteiger partial charge in [-0.15, -0.1) is 0 Å². The summed E-state index contributed by atoms with van der Waals surface area (Å²) in [6.07, 6.45) is 0.663. The van der Waals surface area contributed by atoms with Crippen LogP contribution in [0.2, 0.25) is 0 Å². The molecule has 0 atom stereocenters. The fraction of sp³-hybridized carbons (Fsp3) is 0.250. The SMILES string of the molecule is CN(CCc1ccccc1)S(=O)(=O)c1cccc(CO)c1. The summed E-state index contributed by atoms with van der Waals surface area (Å²) in [5.41, 5.74) is 1.69. The summed E-state index contributed by atoms with van der Waals surface area (Å²) in [5.74, 6) is 0. The van der Waals surface area contributed by atoms with E-state index in [1.165, 1.54) is 10.4 Å². The summed E-state index contributed by atoms with van der Waals surface area (Å²) in [6, 6.07) is 16.2. The summed E-state index contributed by atoms with van der Waals surface area (Å²) in [7, 11) is -1.95. The van der Waals surface area contributed by atoms with E-state index in [1.54, 1.807) is 25.2 Å². The first kappa shape index (κ1) is 15.7. The molecule has 0 amide bonds. The van der Waals surface area contributed by atoms with Crippen molar-refractivity contribution in [1.29, 1.82) is 0 Å². The monoisotopic (exact) mass is 305 g/mol. The number of likely N-dealkylation sites (N-methyl/N-ethyl adjacent to an activating group) is 1. The zero-order valence-electron chi connectivity index (χ0n) is 11.9. The summed E-state index contributed by atoms with van der Waals surface area (Å²) in [4.78, 5) is 0.213. The van der Waals surface area contributed by atoms with Crippen LogP contribution in [0.1, 0.15) is 11.1 Å². The van der Waals surface area contributed by atoms with E-state index < -0.39 is 10.0 Å². The van der Waals surface area contributed by atoms with Gasteiger partial charge in [0.2, 0.25) is 10.0 Å². The number of hydrogen-bond donors (Lipinski definition) is 1. The first-order valence-electron chi connectivity index (χ1n) is 6.74. The highest BCUT2D eigenvalue weighted by Gasteiger charge is 2.20. The van der Waals surface area contributed by atoms with Gasteiger partial charge in [-0.3, -0.25) is 0 Å². The number of aliphatic hydroxyl groups excluding tert-OH is 1. The summed E-state index contributed by atoms with van der Waals surface area (Å²) in [6.45, 7) is 0.243. The van der Waals surface area contributed by atoms with Crippen molar-refractivity contribution < 1.29 is 13.5 Å². The Morgan fingerprint density at radius 1 is 1.00 bits per heavy atom. The molecule has 0 aliphatic rings. The Labute approximate surface area is 125 Å². The quantitative estimate of drug-likeness (QED) is 0.888. The molecule has 0 aliphatic carbocycles. The molecule has 0 fully saturated rings. The Morgan fingerprint density at radius 3 is 2.33 bits per heavy atom. The summed E-state index contributed by atoms with van der Waals surface area (Å²) in [5, 5.41) is 9.11. The maximum Gasteiger partial charge on any atom is 0.242 e. The molecular formula is C16H19NO3S. The van der Waals surface area contributed by atoms with Crippen molar-refractivity contribution >= 4 is 10.0 Å². The van der Waals surface area contributed by atoms with Gasteiger partial charge in [0.15, 0.2) is 0 Å². The highest BCUT2D eigenvalue weighted by Crippen LogP contribution is 2.16. The van der Waals surface area contributed by atoms with Crippen molar-refractivity contribution in [2.24, 2.45) is 0 Å². The van der Waals surface area contributed by atoms with E-state index in [0.29, 0.717) is 18.5 Å². The summed E-state index contributed by atoms with van der Waals surface area (Å²) >= 11 is 0. The molecule has 0 saturated heterocycles. The average Bonchev–Trinajstić information content (AvgIpc) is 2.53. The van der Waals surface area contributed by atoms with Gasteiger partial charge in [-0.05, 0) is 29.7 Å². The molecular weight excluding hydrogens is 286 g/mol. The molecule has 0 aromatic heterocycles. The molecule has 2 aromatic carbocycles. The lowest BCUT2D eigenvalue weighted by Gasteiger charge is -2.17.